The molecule has 55 heavy (non-hydrogen) atoms. The van der Waals surface area contributed by atoms with Gasteiger partial charge in [-0.25, -0.2) is 8.78 Å². The number of hydrogen-bond acceptors (Lipinski definition) is 10. The van der Waals surface area contributed by atoms with Crippen LogP contribution < -0.4 is 9.64 Å². The summed E-state index contributed by atoms with van der Waals surface area (Å²) in [5.41, 5.74) is 0.685. The zero-order valence-corrected chi connectivity index (χ0v) is 31.7. The van der Waals surface area contributed by atoms with Gasteiger partial charge in [-0.05, 0) is 67.7 Å². The van der Waals surface area contributed by atoms with Crippen LogP contribution in [0.2, 0.25) is 0 Å². The van der Waals surface area contributed by atoms with Crippen LogP contribution in [0.5, 0.6) is 11.8 Å². The number of benzene rings is 3. The highest BCUT2D eigenvalue weighted by Gasteiger charge is 2.47. The van der Waals surface area contributed by atoms with Crippen molar-refractivity contribution in [3.63, 3.8) is 0 Å². The maximum absolute atomic E-state index is 17.8. The van der Waals surface area contributed by atoms with Crippen molar-refractivity contribution >= 4 is 38.4 Å². The predicted octanol–water partition coefficient (Wildman–Crippen LogP) is 5.87. The third-order valence-corrected chi connectivity index (χ3v) is 12.3. The number of halogens is 2. The Morgan fingerprint density at radius 1 is 1.00 bits per heavy atom. The molecule has 5 heterocycles. The van der Waals surface area contributed by atoms with E-state index in [2.05, 4.69) is 20.6 Å². The van der Waals surface area contributed by atoms with E-state index in [-0.39, 0.29) is 57.6 Å². The Morgan fingerprint density at radius 3 is 2.51 bits per heavy atom. The number of aromatic nitrogens is 4. The van der Waals surface area contributed by atoms with Gasteiger partial charge in [-0.15, -0.1) is 6.42 Å². The lowest BCUT2D eigenvalue weighted by atomic mass is 9.91. The van der Waals surface area contributed by atoms with E-state index in [4.69, 9.17) is 35.7 Å². The molecule has 4 fully saturated rings. The Hall–Kier alpha value is -4.61. The van der Waals surface area contributed by atoms with Gasteiger partial charge in [0.05, 0.1) is 23.7 Å². The van der Waals surface area contributed by atoms with Gasteiger partial charge in [0.2, 0.25) is 0 Å². The molecule has 3 aromatic carbocycles. The summed E-state index contributed by atoms with van der Waals surface area (Å²) in [4.78, 5) is 17.3. The van der Waals surface area contributed by atoms with Crippen LogP contribution in [0.3, 0.4) is 0 Å². The Labute approximate surface area is 319 Å². The van der Waals surface area contributed by atoms with Crippen LogP contribution in [0.25, 0.3) is 43.7 Å². The summed E-state index contributed by atoms with van der Waals surface area (Å²) < 4.78 is 52.2. The van der Waals surface area contributed by atoms with Crippen LogP contribution in [-0.4, -0.2) is 120 Å². The predicted molar refractivity (Wildman–Crippen MR) is 208 cm³/mol. The van der Waals surface area contributed by atoms with E-state index < -0.39 is 11.6 Å². The molecule has 0 radical (unpaired) electrons. The molecule has 288 valence electrons. The number of methoxy groups -OCH3 is 2. The smallest absolute Gasteiger partial charge is 0.319 e. The quantitative estimate of drug-likeness (QED) is 0.123. The van der Waals surface area contributed by atoms with E-state index in [0.717, 1.165) is 77.8 Å². The van der Waals surface area contributed by atoms with Gasteiger partial charge in [-0.2, -0.15) is 15.1 Å². The van der Waals surface area contributed by atoms with Gasteiger partial charge in [0.25, 0.3) is 0 Å². The maximum atomic E-state index is 17.8. The average molecular weight is 752 g/mol. The summed E-state index contributed by atoms with van der Waals surface area (Å²) in [6.07, 6.45) is 14.0. The highest BCUT2D eigenvalue weighted by molar-refractivity contribution is 6.18. The van der Waals surface area contributed by atoms with E-state index in [1.165, 1.54) is 24.3 Å². The highest BCUT2D eigenvalue weighted by Crippen LogP contribution is 2.49. The second-order valence-electron chi connectivity index (χ2n) is 16.0. The molecule has 1 N–H and O–H groups in total. The number of likely N-dealkylation sites (tertiary alicyclic amines) is 2. The molecular weight excluding hydrogens is 705 g/mol. The minimum Gasteiger partial charge on any atom is -0.508 e. The number of phenolic OH excluding ortho intramolecular Hbond substituents is 1. The number of aryl methyl sites for hydroxylation is 1. The van der Waals surface area contributed by atoms with Crippen molar-refractivity contribution in [2.24, 2.45) is 12.5 Å². The lowest BCUT2D eigenvalue weighted by Crippen LogP contribution is -2.54. The number of fused-ring (bicyclic) bond motifs is 6. The van der Waals surface area contributed by atoms with Crippen LogP contribution >= 0.6 is 0 Å². The standard InChI is InChI=1S/C42H47F2N7O4/c1-5-30-33(43)10-7-25-17-28(52)18-31(34(25)30)35-37(44)39-36(32-22-48(2)47-38(32)35)40(51-26-8-9-27(51)20-49(19-26)14-6-16-53-3)46-41(45-39)55-24-42(12-13-42)23-50-15-11-29(21-50)54-4/h1,7,10,17-18,22,26-27,29,52H,6,8-9,11-16,19-21,23-24H2,2-4H3/t26-,27+,29-/m0/s1. The number of hydrogen-bond donors (Lipinski definition) is 1. The number of nitrogens with zero attached hydrogens (tertiary/aromatic N) is 7. The van der Waals surface area contributed by atoms with E-state index in [0.29, 0.717) is 46.1 Å². The van der Waals surface area contributed by atoms with Crippen molar-refractivity contribution in [3.8, 4) is 35.2 Å². The molecule has 0 spiro atoms. The summed E-state index contributed by atoms with van der Waals surface area (Å²) in [5.74, 6) is 1.71. The van der Waals surface area contributed by atoms with Gasteiger partial charge in [0, 0.05) is 107 Å². The fourth-order valence-corrected chi connectivity index (χ4v) is 9.48. The van der Waals surface area contributed by atoms with Crippen molar-refractivity contribution in [1.29, 1.82) is 0 Å². The van der Waals surface area contributed by atoms with Gasteiger partial charge in [0.1, 0.15) is 28.4 Å². The third-order valence-electron chi connectivity index (χ3n) is 12.3. The number of anilines is 1. The van der Waals surface area contributed by atoms with Crippen LogP contribution in [0.1, 0.15) is 44.1 Å². The van der Waals surface area contributed by atoms with Gasteiger partial charge in [0.15, 0.2) is 5.82 Å². The molecule has 4 aliphatic rings. The molecule has 13 heteroatoms. The lowest BCUT2D eigenvalue weighted by Gasteiger charge is -2.42. The van der Waals surface area contributed by atoms with Crippen molar-refractivity contribution in [2.75, 3.05) is 71.6 Å². The SMILES string of the molecule is C#Cc1c(F)ccc2cc(O)cc(-c3c(F)c4nc(OCC5(CN6CC[C@H](OC)C6)CC5)nc(N5[C@@H]6CC[C@H]5CN(CCCOC)C6)c4c4cn(C)nc34)c12. The number of phenols is 1. The molecule has 0 amide bonds. The Morgan fingerprint density at radius 2 is 1.80 bits per heavy atom. The monoisotopic (exact) mass is 751 g/mol. The van der Waals surface area contributed by atoms with Crippen LogP contribution in [0, 0.1) is 29.4 Å². The highest BCUT2D eigenvalue weighted by atomic mass is 19.1. The zero-order chi connectivity index (χ0) is 38.0. The minimum absolute atomic E-state index is 0.0204. The average Bonchev–Trinajstić information content (AvgIpc) is 3.44. The van der Waals surface area contributed by atoms with Crippen LogP contribution in [0.15, 0.2) is 30.5 Å². The Balaban J connectivity index is 1.20. The first-order valence-electron chi connectivity index (χ1n) is 19.4. The molecule has 0 unspecified atom stereocenters. The fourth-order valence-electron chi connectivity index (χ4n) is 9.48. The second kappa shape index (κ2) is 14.2. The van der Waals surface area contributed by atoms with E-state index in [9.17, 15) is 5.11 Å². The normalized spacial score (nSPS) is 22.3. The number of aromatic hydroxyl groups is 1. The maximum Gasteiger partial charge on any atom is 0.319 e. The molecule has 5 aromatic rings. The first-order chi connectivity index (χ1) is 26.7. The molecular formula is C42H47F2N7O4. The van der Waals surface area contributed by atoms with Gasteiger partial charge >= 0.3 is 6.01 Å². The second-order valence-corrected chi connectivity index (χ2v) is 16.0. The first kappa shape index (κ1) is 36.1. The van der Waals surface area contributed by atoms with Crippen molar-refractivity contribution < 1.29 is 28.1 Å². The molecule has 1 saturated carbocycles. The molecule has 1 aliphatic carbocycles. The van der Waals surface area contributed by atoms with Crippen LogP contribution in [0.4, 0.5) is 14.6 Å². The van der Waals surface area contributed by atoms with E-state index >= 15 is 8.78 Å². The fraction of sp³-hybridized carbons (Fsp3) is 0.500. The number of piperazine rings is 1. The number of rotatable bonds is 12. The van der Waals surface area contributed by atoms with Gasteiger partial charge in [-0.3, -0.25) is 14.5 Å². The topological polar surface area (TPSA) is 101 Å². The van der Waals surface area contributed by atoms with Gasteiger partial charge in [-0.1, -0.05) is 12.0 Å². The summed E-state index contributed by atoms with van der Waals surface area (Å²) in [7, 11) is 5.28. The molecule has 11 nitrogen and oxygen atoms in total. The molecule has 3 saturated heterocycles. The van der Waals surface area contributed by atoms with E-state index in [1.54, 1.807) is 25.9 Å². The first-order valence-corrected chi connectivity index (χ1v) is 19.4. The van der Waals surface area contributed by atoms with Crippen LogP contribution in [-0.2, 0) is 16.5 Å². The molecule has 9 rings (SSSR count). The number of terminal acetylenes is 1. The molecule has 3 aliphatic heterocycles. The summed E-state index contributed by atoms with van der Waals surface area (Å²) in [5, 5.41) is 17.7. The molecule has 2 bridgehead atoms. The lowest BCUT2D eigenvalue weighted by molar-refractivity contribution is 0.100. The third kappa shape index (κ3) is 6.43. The summed E-state index contributed by atoms with van der Waals surface area (Å²) >= 11 is 0. The van der Waals surface area contributed by atoms with Gasteiger partial charge < -0.3 is 24.2 Å². The van der Waals surface area contributed by atoms with E-state index in [1.807, 2.05) is 6.20 Å². The van der Waals surface area contributed by atoms with Crippen molar-refractivity contribution in [2.45, 2.75) is 56.7 Å². The summed E-state index contributed by atoms with van der Waals surface area (Å²) in [6.45, 7) is 6.57. The number of ether oxygens (including phenoxy) is 3. The molecule has 2 aromatic heterocycles. The largest absolute Gasteiger partial charge is 0.508 e. The Bertz CT molecular complexity index is 2330. The minimum atomic E-state index is -0.664. The zero-order valence-electron chi connectivity index (χ0n) is 31.7. The van der Waals surface area contributed by atoms with Crippen molar-refractivity contribution in [1.82, 2.24) is 29.5 Å². The van der Waals surface area contributed by atoms with Crippen molar-refractivity contribution in [3.05, 3.63) is 47.7 Å². The Kier molecular flexibility index (Phi) is 9.28. The molecule has 3 atom stereocenters. The summed E-state index contributed by atoms with van der Waals surface area (Å²) in [6, 6.07) is 6.16.